The first-order valence-electron chi connectivity index (χ1n) is 8.50. The van der Waals surface area contributed by atoms with Crippen LogP contribution in [0.3, 0.4) is 0 Å². The molecule has 1 fully saturated rings. The van der Waals surface area contributed by atoms with Crippen LogP contribution in [0.25, 0.3) is 10.2 Å². The van der Waals surface area contributed by atoms with Gasteiger partial charge in [0.15, 0.2) is 0 Å². The van der Waals surface area contributed by atoms with Gasteiger partial charge in [-0.15, -0.1) is 0 Å². The number of methoxy groups -OCH3 is 1. The van der Waals surface area contributed by atoms with Crippen LogP contribution >= 0.6 is 11.3 Å². The Morgan fingerprint density at radius 2 is 1.81 bits per heavy atom. The third kappa shape index (κ3) is 3.33. The smallest absolute Gasteiger partial charge is 0.305 e. The molecular formula is C18H19N3O4S2. The summed E-state index contributed by atoms with van der Waals surface area (Å²) in [5.74, 6) is 0.779. The van der Waals surface area contributed by atoms with Crippen molar-refractivity contribution in [3.63, 3.8) is 0 Å². The van der Waals surface area contributed by atoms with Crippen molar-refractivity contribution >= 4 is 37.3 Å². The van der Waals surface area contributed by atoms with Crippen molar-refractivity contribution in [1.29, 1.82) is 0 Å². The zero-order valence-electron chi connectivity index (χ0n) is 14.7. The van der Waals surface area contributed by atoms with Gasteiger partial charge in [0.25, 0.3) is 0 Å². The van der Waals surface area contributed by atoms with Crippen LogP contribution in [0, 0.1) is 0 Å². The van der Waals surface area contributed by atoms with Crippen molar-refractivity contribution in [3.8, 4) is 5.75 Å². The lowest BCUT2D eigenvalue weighted by molar-refractivity contribution is 0.378. The first-order valence-corrected chi connectivity index (χ1v) is 10.8. The number of ether oxygens (including phenoxy) is 1. The fourth-order valence-electron chi connectivity index (χ4n) is 3.30. The van der Waals surface area contributed by atoms with Crippen LogP contribution in [0.5, 0.6) is 5.75 Å². The van der Waals surface area contributed by atoms with Crippen molar-refractivity contribution in [3.05, 3.63) is 52.1 Å². The molecule has 1 aliphatic heterocycles. The molecule has 2 heterocycles. The van der Waals surface area contributed by atoms with Gasteiger partial charge in [0.1, 0.15) is 5.75 Å². The minimum absolute atomic E-state index is 0.190. The van der Waals surface area contributed by atoms with E-state index in [-0.39, 0.29) is 9.77 Å². The quantitative estimate of drug-likeness (QED) is 0.719. The average molecular weight is 406 g/mol. The van der Waals surface area contributed by atoms with Crippen LogP contribution in [0.15, 0.2) is 52.2 Å². The molecule has 9 heteroatoms. The molecule has 0 atom stereocenters. The normalized spacial score (nSPS) is 16.0. The van der Waals surface area contributed by atoms with Gasteiger partial charge in [0.2, 0.25) is 10.0 Å². The molecule has 3 aromatic rings. The lowest BCUT2D eigenvalue weighted by Crippen LogP contribution is -2.48. The van der Waals surface area contributed by atoms with Crippen molar-refractivity contribution < 1.29 is 13.2 Å². The SMILES string of the molecule is COc1ccccc1N1CCN(S(=O)(=O)c2ccc3[nH]c(=O)sc3c2)CC1. The number of piperazine rings is 1. The second-order valence-electron chi connectivity index (χ2n) is 6.24. The van der Waals surface area contributed by atoms with E-state index in [0.29, 0.717) is 36.4 Å². The van der Waals surface area contributed by atoms with Gasteiger partial charge in [-0.1, -0.05) is 23.5 Å². The number of thiazole rings is 1. The second-order valence-corrected chi connectivity index (χ2v) is 9.19. The molecule has 27 heavy (non-hydrogen) atoms. The molecule has 7 nitrogen and oxygen atoms in total. The van der Waals surface area contributed by atoms with Crippen LogP contribution in [0.4, 0.5) is 5.69 Å². The number of sulfonamides is 1. The summed E-state index contributed by atoms with van der Waals surface area (Å²) in [5.41, 5.74) is 1.63. The Labute approximate surface area is 160 Å². The Kier molecular flexibility index (Phi) is 4.67. The van der Waals surface area contributed by atoms with E-state index in [4.69, 9.17) is 4.74 Å². The summed E-state index contributed by atoms with van der Waals surface area (Å²) in [7, 11) is -1.97. The summed E-state index contributed by atoms with van der Waals surface area (Å²) >= 11 is 1.01. The van der Waals surface area contributed by atoms with E-state index in [1.807, 2.05) is 24.3 Å². The van der Waals surface area contributed by atoms with Gasteiger partial charge in [-0.25, -0.2) is 8.42 Å². The van der Waals surface area contributed by atoms with E-state index in [9.17, 15) is 13.2 Å². The summed E-state index contributed by atoms with van der Waals surface area (Å²) in [5, 5.41) is 0. The fourth-order valence-corrected chi connectivity index (χ4v) is 5.59. The monoisotopic (exact) mass is 405 g/mol. The zero-order chi connectivity index (χ0) is 19.0. The predicted octanol–water partition coefficient (Wildman–Crippen LogP) is 2.11. The number of H-pyrrole nitrogens is 1. The van der Waals surface area contributed by atoms with Crippen molar-refractivity contribution in [1.82, 2.24) is 9.29 Å². The fraction of sp³-hybridized carbons (Fsp3) is 0.278. The first kappa shape index (κ1) is 18.0. The molecule has 0 amide bonds. The molecular weight excluding hydrogens is 386 g/mol. The first-order chi connectivity index (χ1) is 13.0. The Bertz CT molecular complexity index is 1130. The Hall–Kier alpha value is -2.36. The van der Waals surface area contributed by atoms with Crippen LogP contribution < -0.4 is 14.5 Å². The minimum atomic E-state index is -3.60. The number of hydrogen-bond donors (Lipinski definition) is 1. The number of rotatable bonds is 4. The molecule has 1 N–H and O–H groups in total. The third-order valence-electron chi connectivity index (χ3n) is 4.69. The average Bonchev–Trinajstić information content (AvgIpc) is 3.07. The number of nitrogens with zero attached hydrogens (tertiary/aromatic N) is 2. The highest BCUT2D eigenvalue weighted by Crippen LogP contribution is 2.29. The third-order valence-corrected chi connectivity index (χ3v) is 7.43. The van der Waals surface area contributed by atoms with Gasteiger partial charge >= 0.3 is 4.87 Å². The van der Waals surface area contributed by atoms with E-state index in [0.717, 1.165) is 22.8 Å². The standard InChI is InChI=1S/C18H19N3O4S2/c1-25-16-5-3-2-4-15(16)20-8-10-21(11-9-20)27(23,24)13-6-7-14-17(12-13)26-18(22)19-14/h2-7,12H,8-11H2,1H3,(H,19,22). The van der Waals surface area contributed by atoms with E-state index >= 15 is 0 Å². The minimum Gasteiger partial charge on any atom is -0.495 e. The number of aromatic nitrogens is 1. The second kappa shape index (κ2) is 6.99. The van der Waals surface area contributed by atoms with Crippen molar-refractivity contribution in [2.24, 2.45) is 0 Å². The zero-order valence-corrected chi connectivity index (χ0v) is 16.3. The maximum absolute atomic E-state index is 13.0. The lowest BCUT2D eigenvalue weighted by Gasteiger charge is -2.35. The number of benzene rings is 2. The van der Waals surface area contributed by atoms with E-state index < -0.39 is 10.0 Å². The van der Waals surface area contributed by atoms with Gasteiger partial charge in [0, 0.05) is 26.2 Å². The van der Waals surface area contributed by atoms with Gasteiger partial charge < -0.3 is 14.6 Å². The van der Waals surface area contributed by atoms with Crippen molar-refractivity contribution in [2.45, 2.75) is 4.90 Å². The van der Waals surface area contributed by atoms with E-state index in [1.54, 1.807) is 25.3 Å². The Balaban J connectivity index is 1.55. The van der Waals surface area contributed by atoms with Crippen molar-refractivity contribution in [2.75, 3.05) is 38.2 Å². The molecule has 142 valence electrons. The molecule has 0 radical (unpaired) electrons. The number of fused-ring (bicyclic) bond motifs is 1. The van der Waals surface area contributed by atoms with Crippen LogP contribution in [-0.2, 0) is 10.0 Å². The number of hydrogen-bond acceptors (Lipinski definition) is 6. The highest BCUT2D eigenvalue weighted by Gasteiger charge is 2.29. The van der Waals surface area contributed by atoms with Crippen LogP contribution in [0.2, 0.25) is 0 Å². The maximum Gasteiger partial charge on any atom is 0.305 e. The Morgan fingerprint density at radius 1 is 1.07 bits per heavy atom. The summed E-state index contributed by atoms with van der Waals surface area (Å²) < 4.78 is 33.6. The molecule has 1 aliphatic rings. The highest BCUT2D eigenvalue weighted by molar-refractivity contribution is 7.89. The highest BCUT2D eigenvalue weighted by atomic mass is 32.2. The molecule has 0 saturated carbocycles. The molecule has 0 unspecified atom stereocenters. The summed E-state index contributed by atoms with van der Waals surface area (Å²) in [4.78, 5) is 16.3. The largest absolute Gasteiger partial charge is 0.495 e. The van der Waals surface area contributed by atoms with Gasteiger partial charge in [0.05, 0.1) is 27.9 Å². The predicted molar refractivity (Wildman–Crippen MR) is 106 cm³/mol. The topological polar surface area (TPSA) is 82.7 Å². The van der Waals surface area contributed by atoms with E-state index in [1.165, 1.54) is 4.31 Å². The summed E-state index contributed by atoms with van der Waals surface area (Å²) in [6.45, 7) is 1.95. The summed E-state index contributed by atoms with van der Waals surface area (Å²) in [6.07, 6.45) is 0. The number of aromatic amines is 1. The number of para-hydroxylation sites is 2. The lowest BCUT2D eigenvalue weighted by atomic mass is 10.2. The van der Waals surface area contributed by atoms with E-state index in [2.05, 4.69) is 9.88 Å². The molecule has 1 aromatic heterocycles. The van der Waals surface area contributed by atoms with Crippen LogP contribution in [0.1, 0.15) is 0 Å². The molecule has 1 saturated heterocycles. The molecule has 2 aromatic carbocycles. The summed E-state index contributed by atoms with van der Waals surface area (Å²) in [6, 6.07) is 12.5. The molecule has 0 spiro atoms. The van der Waals surface area contributed by atoms with Gasteiger partial charge in [-0.3, -0.25) is 4.79 Å². The molecule has 4 rings (SSSR count). The number of nitrogens with one attached hydrogen (secondary N) is 1. The molecule has 0 aliphatic carbocycles. The number of anilines is 1. The molecule has 0 bridgehead atoms. The van der Waals surface area contributed by atoms with Gasteiger partial charge in [-0.2, -0.15) is 4.31 Å². The van der Waals surface area contributed by atoms with Crippen LogP contribution in [-0.4, -0.2) is 51.0 Å². The maximum atomic E-state index is 13.0. The Morgan fingerprint density at radius 3 is 2.56 bits per heavy atom. The van der Waals surface area contributed by atoms with Gasteiger partial charge in [-0.05, 0) is 30.3 Å².